The van der Waals surface area contributed by atoms with Crippen molar-refractivity contribution >= 4 is 17.6 Å². The fraction of sp³-hybridized carbons (Fsp3) is 0.111. The van der Waals surface area contributed by atoms with Crippen molar-refractivity contribution in [3.8, 4) is 0 Å². The second kappa shape index (κ2) is 7.10. The fourth-order valence-electron chi connectivity index (χ4n) is 2.71. The first-order valence-corrected chi connectivity index (χ1v) is 7.76. The van der Waals surface area contributed by atoms with Gasteiger partial charge >= 0.3 is 6.03 Å². The number of amides is 3. The van der Waals surface area contributed by atoms with Crippen LogP contribution >= 0.6 is 0 Å². The third-order valence-corrected chi connectivity index (χ3v) is 3.97. The molecule has 1 aliphatic rings. The van der Waals surface area contributed by atoms with Crippen molar-refractivity contribution in [3.05, 3.63) is 76.5 Å². The number of hydrogen-bond donors (Lipinski definition) is 3. The van der Waals surface area contributed by atoms with Gasteiger partial charge in [-0.1, -0.05) is 6.07 Å². The van der Waals surface area contributed by atoms with Gasteiger partial charge in [-0.2, -0.15) is 0 Å². The number of rotatable bonds is 3. The minimum atomic E-state index is -1.15. The summed E-state index contributed by atoms with van der Waals surface area (Å²) in [7, 11) is 0. The molecule has 27 heavy (non-hydrogen) atoms. The average Bonchev–Trinajstić information content (AvgIpc) is 2.59. The van der Waals surface area contributed by atoms with Gasteiger partial charge in [0.05, 0.1) is 11.6 Å². The molecule has 2 aromatic carbocycles. The summed E-state index contributed by atoms with van der Waals surface area (Å²) in [5, 5.41) is 7.25. The zero-order valence-electron chi connectivity index (χ0n) is 13.9. The summed E-state index contributed by atoms with van der Waals surface area (Å²) >= 11 is 0. The summed E-state index contributed by atoms with van der Waals surface area (Å²) in [5.41, 5.74) is 0.303. The van der Waals surface area contributed by atoms with E-state index in [2.05, 4.69) is 16.0 Å². The molecule has 9 heteroatoms. The van der Waals surface area contributed by atoms with E-state index in [1.54, 1.807) is 0 Å². The van der Waals surface area contributed by atoms with Crippen molar-refractivity contribution in [3.63, 3.8) is 0 Å². The van der Waals surface area contributed by atoms with Crippen molar-refractivity contribution in [2.24, 2.45) is 0 Å². The Kier molecular flexibility index (Phi) is 4.85. The minimum Gasteiger partial charge on any atom is -0.327 e. The van der Waals surface area contributed by atoms with E-state index < -0.39 is 41.2 Å². The van der Waals surface area contributed by atoms with Gasteiger partial charge in [0.15, 0.2) is 23.3 Å². The van der Waals surface area contributed by atoms with Gasteiger partial charge in [0.25, 0.3) is 5.91 Å². The molecule has 3 rings (SSSR count). The van der Waals surface area contributed by atoms with Crippen molar-refractivity contribution in [1.29, 1.82) is 0 Å². The Labute approximate surface area is 151 Å². The van der Waals surface area contributed by atoms with Crippen LogP contribution in [0.2, 0.25) is 0 Å². The van der Waals surface area contributed by atoms with Crippen LogP contribution in [0.3, 0.4) is 0 Å². The van der Waals surface area contributed by atoms with E-state index >= 15 is 0 Å². The maximum Gasteiger partial charge on any atom is 0.319 e. The lowest BCUT2D eigenvalue weighted by Crippen LogP contribution is -2.46. The molecular weight excluding hydrogens is 366 g/mol. The molecule has 0 unspecified atom stereocenters. The second-order valence-electron chi connectivity index (χ2n) is 5.83. The van der Waals surface area contributed by atoms with Crippen LogP contribution in [0.1, 0.15) is 18.5 Å². The molecule has 5 nitrogen and oxygen atoms in total. The highest BCUT2D eigenvalue weighted by Crippen LogP contribution is 2.29. The molecule has 0 saturated heterocycles. The van der Waals surface area contributed by atoms with E-state index in [9.17, 15) is 27.2 Å². The first-order chi connectivity index (χ1) is 12.8. The number of urea groups is 1. The van der Waals surface area contributed by atoms with Crippen LogP contribution in [-0.2, 0) is 4.79 Å². The number of carbonyl (C=O) groups excluding carboxylic acids is 2. The molecule has 0 spiro atoms. The summed E-state index contributed by atoms with van der Waals surface area (Å²) in [6, 6.07) is 4.07. The molecule has 3 N–H and O–H groups in total. The van der Waals surface area contributed by atoms with Gasteiger partial charge in [-0.05, 0) is 36.8 Å². The van der Waals surface area contributed by atoms with Crippen molar-refractivity contribution in [2.75, 3.05) is 5.32 Å². The molecule has 0 saturated carbocycles. The molecule has 3 amide bonds. The number of benzene rings is 2. The molecule has 0 aromatic heterocycles. The molecule has 1 aliphatic heterocycles. The number of halogens is 4. The first kappa shape index (κ1) is 18.4. The van der Waals surface area contributed by atoms with E-state index in [0.717, 1.165) is 30.3 Å². The van der Waals surface area contributed by atoms with E-state index in [1.807, 2.05) is 0 Å². The Hall–Kier alpha value is -3.36. The zero-order chi connectivity index (χ0) is 19.7. The van der Waals surface area contributed by atoms with Gasteiger partial charge in [0.1, 0.15) is 0 Å². The summed E-state index contributed by atoms with van der Waals surface area (Å²) in [6.07, 6.45) is 0. The normalized spacial score (nSPS) is 16.6. The average molecular weight is 379 g/mol. The molecule has 1 heterocycles. The van der Waals surface area contributed by atoms with E-state index in [1.165, 1.54) is 13.0 Å². The molecule has 0 fully saturated rings. The predicted molar refractivity (Wildman–Crippen MR) is 88.5 cm³/mol. The third-order valence-electron chi connectivity index (χ3n) is 3.97. The summed E-state index contributed by atoms with van der Waals surface area (Å²) < 4.78 is 53.2. The summed E-state index contributed by atoms with van der Waals surface area (Å²) in [4.78, 5) is 24.4. The maximum absolute atomic E-state index is 13.6. The molecule has 0 radical (unpaired) electrons. The Morgan fingerprint density at radius 3 is 2.22 bits per heavy atom. The highest BCUT2D eigenvalue weighted by molar-refractivity contribution is 6.06. The van der Waals surface area contributed by atoms with Gasteiger partial charge < -0.3 is 16.0 Å². The van der Waals surface area contributed by atoms with Crippen molar-refractivity contribution in [2.45, 2.75) is 13.0 Å². The number of nitrogens with one attached hydrogen (secondary N) is 3. The standard InChI is InChI=1S/C18H13F4N3O2/c1-8-15(17(26)24-10-3-5-12(20)14(22)7-10)16(25-18(27)23-8)9-2-4-11(19)13(21)6-9/h2-7,16H,1H3,(H,24,26)(H2,23,25,27)/t16-/m1/s1. The van der Waals surface area contributed by atoms with Crippen molar-refractivity contribution < 1.29 is 27.2 Å². The smallest absolute Gasteiger partial charge is 0.319 e. The quantitative estimate of drug-likeness (QED) is 0.715. The van der Waals surface area contributed by atoms with E-state index in [0.29, 0.717) is 0 Å². The van der Waals surface area contributed by atoms with E-state index in [4.69, 9.17) is 0 Å². The van der Waals surface area contributed by atoms with Crippen LogP contribution < -0.4 is 16.0 Å². The Bertz CT molecular complexity index is 975. The highest BCUT2D eigenvalue weighted by atomic mass is 19.2. The van der Waals surface area contributed by atoms with Crippen LogP contribution in [0.15, 0.2) is 47.7 Å². The van der Waals surface area contributed by atoms with Crippen LogP contribution in [0, 0.1) is 23.3 Å². The molecular formula is C18H13F4N3O2. The lowest BCUT2D eigenvalue weighted by atomic mass is 9.94. The third kappa shape index (κ3) is 3.76. The minimum absolute atomic E-state index is 0.00495. The Morgan fingerprint density at radius 2 is 1.59 bits per heavy atom. The Balaban J connectivity index is 1.96. The first-order valence-electron chi connectivity index (χ1n) is 7.76. The van der Waals surface area contributed by atoms with E-state index in [-0.39, 0.29) is 22.5 Å². The lowest BCUT2D eigenvalue weighted by molar-refractivity contribution is -0.113. The molecule has 0 bridgehead atoms. The molecule has 140 valence electrons. The SMILES string of the molecule is CC1=C(C(=O)Nc2ccc(F)c(F)c2)[C@@H](c2ccc(F)c(F)c2)NC(=O)N1. The summed E-state index contributed by atoms with van der Waals surface area (Å²) in [5.74, 6) is -5.17. The van der Waals surface area contributed by atoms with Gasteiger partial charge in [-0.3, -0.25) is 4.79 Å². The van der Waals surface area contributed by atoms with Gasteiger partial charge in [-0.25, -0.2) is 22.4 Å². The van der Waals surface area contributed by atoms with Gasteiger partial charge in [0.2, 0.25) is 0 Å². The molecule has 0 aliphatic carbocycles. The Morgan fingerprint density at radius 1 is 0.963 bits per heavy atom. The summed E-state index contributed by atoms with van der Waals surface area (Å²) in [6.45, 7) is 1.45. The van der Waals surface area contributed by atoms with Crippen LogP contribution in [0.4, 0.5) is 28.0 Å². The number of anilines is 1. The van der Waals surface area contributed by atoms with Crippen molar-refractivity contribution in [1.82, 2.24) is 10.6 Å². The molecule has 1 atom stereocenters. The van der Waals surface area contributed by atoms with Crippen LogP contribution in [0.5, 0.6) is 0 Å². The second-order valence-corrected chi connectivity index (χ2v) is 5.83. The largest absolute Gasteiger partial charge is 0.327 e. The number of allylic oxidation sites excluding steroid dienone is 1. The highest BCUT2D eigenvalue weighted by Gasteiger charge is 2.31. The predicted octanol–water partition coefficient (Wildman–Crippen LogP) is 3.51. The monoisotopic (exact) mass is 379 g/mol. The molecule has 2 aromatic rings. The fourth-order valence-corrected chi connectivity index (χ4v) is 2.71. The lowest BCUT2D eigenvalue weighted by Gasteiger charge is -2.28. The van der Waals surface area contributed by atoms with Crippen LogP contribution in [0.25, 0.3) is 0 Å². The number of carbonyl (C=O) groups is 2. The zero-order valence-corrected chi connectivity index (χ0v) is 13.9. The maximum atomic E-state index is 13.6. The number of hydrogen-bond acceptors (Lipinski definition) is 2. The van der Waals surface area contributed by atoms with Crippen LogP contribution in [-0.4, -0.2) is 11.9 Å². The topological polar surface area (TPSA) is 70.2 Å². The van der Waals surface area contributed by atoms with Gasteiger partial charge in [-0.15, -0.1) is 0 Å². The van der Waals surface area contributed by atoms with Gasteiger partial charge in [0, 0.05) is 17.5 Å².